The average molecular weight is 452 g/mol. The van der Waals surface area contributed by atoms with Gasteiger partial charge in [0.15, 0.2) is 0 Å². The molecule has 0 spiro atoms. The van der Waals surface area contributed by atoms with E-state index in [1.165, 1.54) is 6.07 Å². The quantitative estimate of drug-likeness (QED) is 0.365. The average Bonchev–Trinajstić information content (AvgIpc) is 3.08. The number of amides is 3. The van der Waals surface area contributed by atoms with Crippen LogP contribution in [0.15, 0.2) is 88.1 Å². The molecule has 0 saturated carbocycles. The second-order valence-electron chi connectivity index (χ2n) is 8.18. The molecule has 1 aliphatic rings. The van der Waals surface area contributed by atoms with E-state index in [-0.39, 0.29) is 17.5 Å². The fourth-order valence-corrected chi connectivity index (χ4v) is 4.26. The molecule has 7 heteroatoms. The van der Waals surface area contributed by atoms with E-state index in [0.29, 0.717) is 11.3 Å². The van der Waals surface area contributed by atoms with Gasteiger partial charge in [-0.1, -0.05) is 42.5 Å². The summed E-state index contributed by atoms with van der Waals surface area (Å²) in [6.07, 6.45) is 0.153. The van der Waals surface area contributed by atoms with Gasteiger partial charge in [0, 0.05) is 29.6 Å². The van der Waals surface area contributed by atoms with E-state index >= 15 is 0 Å². The Labute approximate surface area is 194 Å². The summed E-state index contributed by atoms with van der Waals surface area (Å²) in [6, 6.07) is 21.1. The van der Waals surface area contributed by atoms with Crippen LogP contribution < -0.4 is 10.9 Å². The summed E-state index contributed by atoms with van der Waals surface area (Å²) in [5, 5.41) is 3.54. The van der Waals surface area contributed by atoms with E-state index in [9.17, 15) is 19.2 Å². The van der Waals surface area contributed by atoms with Crippen LogP contribution in [0.3, 0.4) is 0 Å². The van der Waals surface area contributed by atoms with Crippen molar-refractivity contribution in [3.63, 3.8) is 0 Å². The molecule has 0 bridgehead atoms. The maximum Gasteiger partial charge on any atom is 0.336 e. The van der Waals surface area contributed by atoms with Crippen molar-refractivity contribution in [1.29, 1.82) is 0 Å². The summed E-state index contributed by atoms with van der Waals surface area (Å²) in [5.41, 5.74) is 2.37. The van der Waals surface area contributed by atoms with Crippen molar-refractivity contribution in [2.24, 2.45) is 0 Å². The van der Waals surface area contributed by atoms with Crippen molar-refractivity contribution in [2.45, 2.75) is 19.4 Å². The lowest BCUT2D eigenvalue weighted by molar-refractivity contribution is -0.119. The first kappa shape index (κ1) is 21.3. The molecule has 1 aliphatic heterocycles. The zero-order valence-electron chi connectivity index (χ0n) is 18.3. The Bertz CT molecular complexity index is 1470. The van der Waals surface area contributed by atoms with E-state index in [2.05, 4.69) is 5.32 Å². The Morgan fingerprint density at radius 3 is 2.21 bits per heavy atom. The molecule has 168 valence electrons. The zero-order valence-corrected chi connectivity index (χ0v) is 18.3. The third-order valence-electron chi connectivity index (χ3n) is 5.93. The third-order valence-corrected chi connectivity index (χ3v) is 5.93. The van der Waals surface area contributed by atoms with E-state index in [0.717, 1.165) is 21.4 Å². The number of carbonyl (C=O) groups is 3. The lowest BCUT2D eigenvalue weighted by atomic mass is 10.0. The highest BCUT2D eigenvalue weighted by Crippen LogP contribution is 2.27. The van der Waals surface area contributed by atoms with E-state index in [1.807, 2.05) is 30.3 Å². The lowest BCUT2D eigenvalue weighted by Crippen LogP contribution is -2.48. The fraction of sp³-hybridized carbons (Fsp3) is 0.111. The van der Waals surface area contributed by atoms with Crippen molar-refractivity contribution in [1.82, 2.24) is 4.90 Å². The number of rotatable bonds is 5. The summed E-state index contributed by atoms with van der Waals surface area (Å²) in [5.74, 6) is -1.53. The minimum atomic E-state index is -1.07. The molecule has 34 heavy (non-hydrogen) atoms. The summed E-state index contributed by atoms with van der Waals surface area (Å²) in [6.45, 7) is 1.80. The largest absolute Gasteiger partial charge is 0.423 e. The number of aryl methyl sites for hydroxylation is 1. The number of hydrogen-bond acceptors (Lipinski definition) is 5. The van der Waals surface area contributed by atoms with Crippen LogP contribution in [0.1, 0.15) is 31.8 Å². The van der Waals surface area contributed by atoms with Crippen LogP contribution in [0, 0.1) is 6.92 Å². The van der Waals surface area contributed by atoms with Gasteiger partial charge in [-0.05, 0) is 42.3 Å². The van der Waals surface area contributed by atoms with Crippen molar-refractivity contribution < 1.29 is 18.8 Å². The van der Waals surface area contributed by atoms with Gasteiger partial charge in [-0.15, -0.1) is 0 Å². The number of nitrogens with zero attached hydrogens (tertiary/aromatic N) is 1. The Hall–Kier alpha value is -4.52. The number of nitrogens with one attached hydrogen (secondary N) is 1. The van der Waals surface area contributed by atoms with Gasteiger partial charge in [-0.3, -0.25) is 19.3 Å². The highest BCUT2D eigenvalue weighted by molar-refractivity contribution is 6.23. The Morgan fingerprint density at radius 2 is 1.53 bits per heavy atom. The van der Waals surface area contributed by atoms with Gasteiger partial charge in [0.1, 0.15) is 11.6 Å². The molecule has 2 heterocycles. The number of carbonyl (C=O) groups excluding carboxylic acids is 3. The van der Waals surface area contributed by atoms with Gasteiger partial charge < -0.3 is 9.73 Å². The molecule has 1 aromatic heterocycles. The molecule has 7 nitrogen and oxygen atoms in total. The van der Waals surface area contributed by atoms with Gasteiger partial charge in [0.2, 0.25) is 5.91 Å². The van der Waals surface area contributed by atoms with Gasteiger partial charge in [-0.2, -0.15) is 0 Å². The zero-order chi connectivity index (χ0) is 23.8. The van der Waals surface area contributed by atoms with Crippen molar-refractivity contribution >= 4 is 34.4 Å². The highest BCUT2D eigenvalue weighted by atomic mass is 16.4. The van der Waals surface area contributed by atoms with Gasteiger partial charge in [-0.25, -0.2) is 4.79 Å². The monoisotopic (exact) mass is 452 g/mol. The van der Waals surface area contributed by atoms with Crippen LogP contribution in [0.5, 0.6) is 0 Å². The Balaban J connectivity index is 1.50. The Kier molecular flexibility index (Phi) is 5.30. The first-order chi connectivity index (χ1) is 16.4. The minimum Gasteiger partial charge on any atom is -0.423 e. The number of imide groups is 1. The number of benzene rings is 3. The van der Waals surface area contributed by atoms with Crippen LogP contribution in [-0.2, 0) is 11.2 Å². The second kappa shape index (κ2) is 8.44. The number of hydrogen-bond donors (Lipinski definition) is 1. The van der Waals surface area contributed by atoms with Crippen LogP contribution in [0.2, 0.25) is 0 Å². The SMILES string of the molecule is Cc1cc(=O)oc2cc(NC(=O)[C@H](Cc3ccccc3)N3C(=O)c4ccccc4C3=O)ccc12. The maximum absolute atomic E-state index is 13.5. The van der Waals surface area contributed by atoms with E-state index < -0.39 is 29.4 Å². The highest BCUT2D eigenvalue weighted by Gasteiger charge is 2.42. The smallest absolute Gasteiger partial charge is 0.336 e. The number of fused-ring (bicyclic) bond motifs is 2. The predicted octanol–water partition coefficient (Wildman–Crippen LogP) is 3.95. The molecule has 3 amide bonds. The lowest BCUT2D eigenvalue weighted by Gasteiger charge is -2.25. The van der Waals surface area contributed by atoms with Gasteiger partial charge >= 0.3 is 5.63 Å². The summed E-state index contributed by atoms with van der Waals surface area (Å²) < 4.78 is 5.27. The van der Waals surface area contributed by atoms with Crippen LogP contribution >= 0.6 is 0 Å². The first-order valence-corrected chi connectivity index (χ1v) is 10.8. The van der Waals surface area contributed by atoms with E-state index in [1.54, 1.807) is 49.4 Å². The van der Waals surface area contributed by atoms with Gasteiger partial charge in [0.05, 0.1) is 11.1 Å². The molecular weight excluding hydrogens is 432 g/mol. The molecule has 5 rings (SSSR count). The molecule has 0 fully saturated rings. The minimum absolute atomic E-state index is 0.153. The summed E-state index contributed by atoms with van der Waals surface area (Å²) in [4.78, 5) is 52.5. The third kappa shape index (κ3) is 3.77. The van der Waals surface area contributed by atoms with Gasteiger partial charge in [0.25, 0.3) is 11.8 Å². The summed E-state index contributed by atoms with van der Waals surface area (Å²) >= 11 is 0. The fourth-order valence-electron chi connectivity index (χ4n) is 4.26. The molecule has 3 aromatic carbocycles. The Morgan fingerprint density at radius 1 is 0.882 bits per heavy atom. The van der Waals surface area contributed by atoms with Crippen molar-refractivity contribution in [2.75, 3.05) is 5.32 Å². The molecule has 4 aromatic rings. The molecule has 0 saturated heterocycles. The predicted molar refractivity (Wildman–Crippen MR) is 127 cm³/mol. The normalized spacial score (nSPS) is 13.7. The van der Waals surface area contributed by atoms with Crippen molar-refractivity contribution in [3.8, 4) is 0 Å². The molecule has 1 N–H and O–H groups in total. The maximum atomic E-state index is 13.5. The molecular formula is C27H20N2O5. The van der Waals surface area contributed by atoms with Crippen LogP contribution in [0.25, 0.3) is 11.0 Å². The molecule has 0 unspecified atom stereocenters. The number of anilines is 1. The van der Waals surface area contributed by atoms with Crippen molar-refractivity contribution in [3.05, 3.63) is 112 Å². The molecule has 0 radical (unpaired) electrons. The van der Waals surface area contributed by atoms with E-state index in [4.69, 9.17) is 4.42 Å². The second-order valence-corrected chi connectivity index (χ2v) is 8.18. The van der Waals surface area contributed by atoms with Crippen LogP contribution in [-0.4, -0.2) is 28.7 Å². The summed E-state index contributed by atoms with van der Waals surface area (Å²) in [7, 11) is 0. The molecule has 1 atom stereocenters. The van der Waals surface area contributed by atoms with Crippen LogP contribution in [0.4, 0.5) is 5.69 Å². The first-order valence-electron chi connectivity index (χ1n) is 10.8. The topological polar surface area (TPSA) is 96.7 Å². The molecule has 0 aliphatic carbocycles. The standard InChI is InChI=1S/C27H20N2O5/c1-16-13-24(30)34-23-15-18(11-12-19(16)23)28-25(31)22(14-17-7-3-2-4-8-17)29-26(32)20-9-5-6-10-21(20)27(29)33/h2-13,15,22H,14H2,1H3,(H,28,31)/t22-/m0/s1.